The number of carbonyl (C=O) groups is 2. The molecule has 32 heavy (non-hydrogen) atoms. The van der Waals surface area contributed by atoms with Gasteiger partial charge < -0.3 is 0 Å². The molecule has 0 spiro atoms. The molecule has 0 saturated carbocycles. The summed E-state index contributed by atoms with van der Waals surface area (Å²) in [5, 5.41) is 20.0. The number of imide groups is 1. The van der Waals surface area contributed by atoms with Crippen LogP contribution in [0.5, 0.6) is 0 Å². The minimum atomic E-state index is -0.477. The highest BCUT2D eigenvalue weighted by Gasteiger charge is 2.42. The summed E-state index contributed by atoms with van der Waals surface area (Å²) in [7, 11) is 0. The van der Waals surface area contributed by atoms with Gasteiger partial charge in [0, 0.05) is 12.1 Å². The Kier molecular flexibility index (Phi) is 5.29. The fourth-order valence-corrected chi connectivity index (χ4v) is 5.94. The highest BCUT2D eigenvalue weighted by atomic mass is 32.2. The van der Waals surface area contributed by atoms with Crippen LogP contribution in [0.4, 0.5) is 21.9 Å². The van der Waals surface area contributed by atoms with Gasteiger partial charge in [0.25, 0.3) is 16.8 Å². The van der Waals surface area contributed by atoms with E-state index in [0.717, 1.165) is 21.5 Å². The highest BCUT2D eigenvalue weighted by Crippen LogP contribution is 2.46. The van der Waals surface area contributed by atoms with Crippen LogP contribution in [-0.4, -0.2) is 21.1 Å². The molecule has 158 valence electrons. The maximum Gasteiger partial charge on any atom is 0.298 e. The Labute approximate surface area is 194 Å². The van der Waals surface area contributed by atoms with Crippen LogP contribution in [0.3, 0.4) is 0 Å². The van der Waals surface area contributed by atoms with Crippen molar-refractivity contribution in [2.45, 2.75) is 0 Å². The number of rotatable bonds is 4. The molecule has 0 aliphatic carbocycles. The molecule has 11 heteroatoms. The first-order valence-corrected chi connectivity index (χ1v) is 11.7. The summed E-state index contributed by atoms with van der Waals surface area (Å²) >= 11 is 3.66. The third-order valence-corrected chi connectivity index (χ3v) is 7.72. The first-order valence-electron chi connectivity index (χ1n) is 9.23. The van der Waals surface area contributed by atoms with Crippen molar-refractivity contribution in [3.63, 3.8) is 0 Å². The quantitative estimate of drug-likeness (QED) is 0.271. The molecule has 2 aliphatic heterocycles. The van der Waals surface area contributed by atoms with E-state index in [1.165, 1.54) is 35.2 Å². The van der Waals surface area contributed by atoms with E-state index in [0.29, 0.717) is 21.4 Å². The fourth-order valence-electron chi connectivity index (χ4n) is 3.12. The van der Waals surface area contributed by atoms with Crippen molar-refractivity contribution in [3.8, 4) is 0 Å². The van der Waals surface area contributed by atoms with Gasteiger partial charge in [0.1, 0.15) is 15.0 Å². The van der Waals surface area contributed by atoms with Crippen LogP contribution >= 0.6 is 34.9 Å². The number of non-ortho nitro benzene ring substituents is 1. The number of thiophene rings is 1. The second-order valence-corrected chi connectivity index (χ2v) is 9.44. The van der Waals surface area contributed by atoms with E-state index in [1.807, 2.05) is 23.6 Å². The van der Waals surface area contributed by atoms with E-state index in [1.54, 1.807) is 41.4 Å². The first-order chi connectivity index (χ1) is 15.5. The summed E-state index contributed by atoms with van der Waals surface area (Å²) in [6, 6.07) is 18.5. The second-order valence-electron chi connectivity index (χ2n) is 6.55. The first kappa shape index (κ1) is 20.5. The van der Waals surface area contributed by atoms with Gasteiger partial charge >= 0.3 is 0 Å². The van der Waals surface area contributed by atoms with Crippen LogP contribution in [-0.2, 0) is 4.79 Å². The van der Waals surface area contributed by atoms with Gasteiger partial charge in [-0.2, -0.15) is 5.10 Å². The Morgan fingerprint density at radius 2 is 1.62 bits per heavy atom. The monoisotopic (exact) mass is 480 g/mol. The number of carbonyl (C=O) groups excluding carboxylic acids is 2. The SMILES string of the molecule is O=C1S/C(=C2\SC(c3cccs3)=NN2c2ccc([N+](=O)[O-])cc2)C(=O)N1c1ccccc1. The van der Waals surface area contributed by atoms with Gasteiger partial charge in [0.05, 0.1) is 21.2 Å². The van der Waals surface area contributed by atoms with Crippen molar-refractivity contribution in [1.29, 1.82) is 0 Å². The minimum Gasteiger partial charge on any atom is -0.267 e. The number of hydrazone groups is 1. The molecule has 2 aliphatic rings. The summed E-state index contributed by atoms with van der Waals surface area (Å²) in [5.41, 5.74) is 1.00. The lowest BCUT2D eigenvalue weighted by Gasteiger charge is -2.17. The number of hydrogen-bond acceptors (Lipinski definition) is 9. The summed E-state index contributed by atoms with van der Waals surface area (Å²) in [4.78, 5) is 38.9. The normalized spacial score (nSPS) is 18.4. The molecule has 1 fully saturated rings. The van der Waals surface area contributed by atoms with E-state index >= 15 is 0 Å². The third kappa shape index (κ3) is 3.60. The number of anilines is 2. The summed E-state index contributed by atoms with van der Waals surface area (Å²) in [6.45, 7) is 0. The zero-order chi connectivity index (χ0) is 22.2. The lowest BCUT2D eigenvalue weighted by molar-refractivity contribution is -0.384. The van der Waals surface area contributed by atoms with Gasteiger partial charge in [-0.05, 0) is 59.2 Å². The molecule has 0 radical (unpaired) electrons. The molecule has 0 N–H and O–H groups in total. The summed E-state index contributed by atoms with van der Waals surface area (Å²) in [6.07, 6.45) is 0. The average molecular weight is 481 g/mol. The molecule has 3 heterocycles. The summed E-state index contributed by atoms with van der Waals surface area (Å²) in [5.74, 6) is -0.428. The van der Waals surface area contributed by atoms with Crippen molar-refractivity contribution in [3.05, 3.63) is 97.0 Å². The zero-order valence-corrected chi connectivity index (χ0v) is 18.5. The van der Waals surface area contributed by atoms with Gasteiger partial charge in [-0.3, -0.25) is 19.7 Å². The molecule has 8 nitrogen and oxygen atoms in total. The van der Waals surface area contributed by atoms with Crippen LogP contribution < -0.4 is 9.91 Å². The molecule has 5 rings (SSSR count). The number of nitrogens with zero attached hydrogens (tertiary/aromatic N) is 4. The standard InChI is InChI=1S/C21H12N4O4S3/c26-19-17(31-21(27)23(19)13-5-2-1-3-6-13)20-24(14-8-10-15(11-9-14)25(28)29)22-18(32-20)16-7-4-12-30-16/h1-12H/b20-17-. The van der Waals surface area contributed by atoms with Crippen LogP contribution in [0, 0.1) is 10.1 Å². The minimum absolute atomic E-state index is 0.0472. The number of amides is 2. The van der Waals surface area contributed by atoms with Crippen molar-refractivity contribution in [2.75, 3.05) is 9.91 Å². The average Bonchev–Trinajstić information content (AvgIpc) is 3.53. The van der Waals surface area contributed by atoms with Crippen LogP contribution in [0.1, 0.15) is 4.88 Å². The van der Waals surface area contributed by atoms with Gasteiger partial charge in [-0.15, -0.1) is 11.3 Å². The molecular weight excluding hydrogens is 468 g/mol. The predicted molar refractivity (Wildman–Crippen MR) is 128 cm³/mol. The van der Waals surface area contributed by atoms with Gasteiger partial charge in [0.2, 0.25) is 0 Å². The van der Waals surface area contributed by atoms with Gasteiger partial charge in [-0.1, -0.05) is 24.3 Å². The molecule has 2 amide bonds. The number of nitro groups is 1. The lowest BCUT2D eigenvalue weighted by Crippen LogP contribution is -2.28. The van der Waals surface area contributed by atoms with Gasteiger partial charge in [0.15, 0.2) is 0 Å². The Morgan fingerprint density at radius 3 is 2.28 bits per heavy atom. The zero-order valence-electron chi connectivity index (χ0n) is 16.1. The number of hydrogen-bond donors (Lipinski definition) is 0. The van der Waals surface area contributed by atoms with E-state index in [9.17, 15) is 19.7 Å². The Balaban J connectivity index is 1.58. The highest BCUT2D eigenvalue weighted by molar-refractivity contribution is 8.22. The lowest BCUT2D eigenvalue weighted by atomic mass is 10.3. The largest absolute Gasteiger partial charge is 0.298 e. The second kappa shape index (κ2) is 8.26. The fraction of sp³-hybridized carbons (Fsp3) is 0. The number of para-hydroxylation sites is 1. The number of nitro benzene ring substituents is 1. The van der Waals surface area contributed by atoms with Crippen LogP contribution in [0.2, 0.25) is 0 Å². The van der Waals surface area contributed by atoms with Crippen LogP contribution in [0.15, 0.2) is 87.1 Å². The smallest absolute Gasteiger partial charge is 0.267 e. The van der Waals surface area contributed by atoms with E-state index in [4.69, 9.17) is 0 Å². The Bertz CT molecular complexity index is 1290. The molecule has 1 aromatic heterocycles. The number of benzene rings is 2. The maximum absolute atomic E-state index is 13.3. The van der Waals surface area contributed by atoms with Crippen LogP contribution in [0.25, 0.3) is 0 Å². The maximum atomic E-state index is 13.3. The summed E-state index contributed by atoms with van der Waals surface area (Å²) < 4.78 is 0. The third-order valence-electron chi connectivity index (χ3n) is 4.59. The van der Waals surface area contributed by atoms with Crippen molar-refractivity contribution in [2.24, 2.45) is 5.10 Å². The molecule has 0 atom stereocenters. The number of thioether (sulfide) groups is 2. The Morgan fingerprint density at radius 1 is 0.875 bits per heavy atom. The molecule has 3 aromatic rings. The van der Waals surface area contributed by atoms with E-state index in [2.05, 4.69) is 5.10 Å². The molecular formula is C21H12N4O4S3. The van der Waals surface area contributed by atoms with Crippen molar-refractivity contribution < 1.29 is 14.5 Å². The molecule has 0 bridgehead atoms. The van der Waals surface area contributed by atoms with Crippen molar-refractivity contribution in [1.82, 2.24) is 0 Å². The predicted octanol–water partition coefficient (Wildman–Crippen LogP) is 5.64. The van der Waals surface area contributed by atoms with Gasteiger partial charge in [-0.25, -0.2) is 9.91 Å². The molecule has 2 aromatic carbocycles. The topological polar surface area (TPSA) is 96.1 Å². The molecule has 1 saturated heterocycles. The van der Waals surface area contributed by atoms with E-state index in [-0.39, 0.29) is 10.6 Å². The van der Waals surface area contributed by atoms with Crippen molar-refractivity contribution >= 4 is 68.1 Å². The Hall–Kier alpha value is -3.41. The molecule has 0 unspecified atom stereocenters. The van der Waals surface area contributed by atoms with E-state index < -0.39 is 16.1 Å².